The molecule has 14 heteroatoms. The van der Waals surface area contributed by atoms with Gasteiger partial charge in [-0.2, -0.15) is 18.3 Å². The molecule has 1 atom stereocenters. The van der Waals surface area contributed by atoms with E-state index in [1.807, 2.05) is 0 Å². The van der Waals surface area contributed by atoms with E-state index < -0.39 is 57.8 Å². The minimum absolute atomic E-state index is 0.0243. The van der Waals surface area contributed by atoms with Crippen LogP contribution in [-0.4, -0.2) is 52.2 Å². The fourth-order valence-corrected chi connectivity index (χ4v) is 4.83. The van der Waals surface area contributed by atoms with E-state index in [0.29, 0.717) is 17.0 Å². The molecule has 1 amide bonds. The zero-order valence-electron chi connectivity index (χ0n) is 23.2. The third kappa shape index (κ3) is 5.70. The van der Waals surface area contributed by atoms with Gasteiger partial charge in [0.05, 0.1) is 37.0 Å². The quantitative estimate of drug-likeness (QED) is 0.169. The lowest BCUT2D eigenvalue weighted by molar-refractivity contribution is -0.265. The van der Waals surface area contributed by atoms with Gasteiger partial charge in [0.1, 0.15) is 34.3 Å². The fraction of sp³-hybridized carbons (Fsp3) is 0.345. The van der Waals surface area contributed by atoms with Crippen molar-refractivity contribution >= 4 is 28.4 Å². The van der Waals surface area contributed by atoms with Crippen LogP contribution >= 0.6 is 11.6 Å². The monoisotopic (exact) mass is 624 g/mol. The lowest BCUT2D eigenvalue weighted by atomic mass is 9.94. The normalized spacial score (nSPS) is 14.9. The van der Waals surface area contributed by atoms with Gasteiger partial charge < -0.3 is 19.9 Å². The second-order valence-corrected chi connectivity index (χ2v) is 10.6. The number of halogens is 6. The van der Waals surface area contributed by atoms with Gasteiger partial charge in [-0.05, 0) is 56.5 Å². The summed E-state index contributed by atoms with van der Waals surface area (Å²) >= 11 is 5.83. The van der Waals surface area contributed by atoms with Crippen molar-refractivity contribution in [3.8, 4) is 22.8 Å². The van der Waals surface area contributed by atoms with E-state index >= 15 is 0 Å². The summed E-state index contributed by atoms with van der Waals surface area (Å²) in [6.45, 7) is 1.67. The third-order valence-electron chi connectivity index (χ3n) is 7.10. The summed E-state index contributed by atoms with van der Waals surface area (Å²) in [5.41, 5.74) is -5.02. The highest BCUT2D eigenvalue weighted by atomic mass is 35.5. The van der Waals surface area contributed by atoms with E-state index in [9.17, 15) is 31.9 Å². The first-order valence-corrected chi connectivity index (χ1v) is 13.6. The number of ether oxygens (including phenoxy) is 2. The van der Waals surface area contributed by atoms with Crippen molar-refractivity contribution in [2.75, 3.05) is 20.3 Å². The molecular formula is C29H26ClF5N4O4. The lowest BCUT2D eigenvalue weighted by Crippen LogP contribution is -2.51. The van der Waals surface area contributed by atoms with Crippen LogP contribution in [0.4, 0.5) is 22.0 Å². The first kappa shape index (κ1) is 30.5. The molecular weight excluding hydrogens is 599 g/mol. The molecule has 1 fully saturated rings. The molecule has 43 heavy (non-hydrogen) atoms. The number of alkyl halides is 3. The molecule has 1 aliphatic carbocycles. The Morgan fingerprint density at radius 1 is 1.16 bits per heavy atom. The van der Waals surface area contributed by atoms with Crippen molar-refractivity contribution in [1.29, 1.82) is 0 Å². The van der Waals surface area contributed by atoms with Crippen molar-refractivity contribution in [3.05, 3.63) is 70.0 Å². The van der Waals surface area contributed by atoms with Crippen LogP contribution in [0.15, 0.2) is 36.5 Å². The number of nitrogens with zero attached hydrogens (tertiary/aromatic N) is 3. The molecule has 5 rings (SSSR count). The number of hydrogen-bond donors (Lipinski definition) is 2. The molecule has 2 aromatic carbocycles. The Morgan fingerprint density at radius 2 is 1.88 bits per heavy atom. The minimum Gasteiger partial charge on any atom is -0.494 e. The van der Waals surface area contributed by atoms with Crippen LogP contribution in [0.5, 0.6) is 11.5 Å². The molecule has 0 radical (unpaired) electrons. The van der Waals surface area contributed by atoms with E-state index in [1.165, 1.54) is 26.2 Å². The number of carbonyl (C=O) groups excluding carboxylic acids is 1. The Labute approximate surface area is 247 Å². The average Bonchev–Trinajstić information content (AvgIpc) is 3.71. The number of rotatable bonds is 9. The zero-order chi connectivity index (χ0) is 31.3. The zero-order valence-corrected chi connectivity index (χ0v) is 23.9. The molecule has 0 bridgehead atoms. The number of benzene rings is 2. The molecule has 4 aromatic rings. The van der Waals surface area contributed by atoms with Crippen LogP contribution < -0.4 is 14.8 Å². The first-order chi connectivity index (χ1) is 20.3. The largest absolute Gasteiger partial charge is 0.494 e. The number of aromatic nitrogens is 3. The van der Waals surface area contributed by atoms with Gasteiger partial charge in [-0.25, -0.2) is 13.8 Å². The fourth-order valence-electron chi connectivity index (χ4n) is 4.67. The predicted molar refractivity (Wildman–Crippen MR) is 147 cm³/mol. The van der Waals surface area contributed by atoms with Gasteiger partial charge in [0.25, 0.3) is 5.91 Å². The van der Waals surface area contributed by atoms with Crippen LogP contribution in [0.2, 0.25) is 5.02 Å². The number of pyridine rings is 1. The molecule has 0 unspecified atom stereocenters. The summed E-state index contributed by atoms with van der Waals surface area (Å²) in [7, 11) is 1.38. The number of hydrogen-bond acceptors (Lipinski definition) is 6. The Kier molecular flexibility index (Phi) is 7.99. The number of amides is 1. The molecule has 228 valence electrons. The molecule has 0 aliphatic heterocycles. The number of methoxy groups -OCH3 is 1. The summed E-state index contributed by atoms with van der Waals surface area (Å²) in [5, 5.41) is 17.8. The van der Waals surface area contributed by atoms with Gasteiger partial charge in [-0.3, -0.25) is 9.48 Å². The SMILES string of the molecule is CCOc1c(C)cc([C@@](O)(CNC(=O)c2cc(OC)c3nn(C4CC4)cc3c2)C(F)(F)F)nc1-c1cc(Cl)c(F)cc1F. The lowest BCUT2D eigenvalue weighted by Gasteiger charge is -2.31. The highest BCUT2D eigenvalue weighted by molar-refractivity contribution is 6.31. The molecule has 0 spiro atoms. The topological polar surface area (TPSA) is 98.5 Å². The highest BCUT2D eigenvalue weighted by Gasteiger charge is 2.56. The standard InChI is InChI=1S/C29H26ClF5N4O4/c1-4-43-26-14(2)7-23(37-25(26)18-10-19(30)21(32)11-20(18)31)28(41,29(33,34)35)13-36-27(40)15-8-16-12-39(17-5-6-17)38-24(16)22(9-15)42-3/h7-12,17,41H,4-6,13H2,1-3H3,(H,36,40)/t28-/m0/s1. The summed E-state index contributed by atoms with van der Waals surface area (Å²) in [6, 6.07) is 5.30. The molecule has 2 aromatic heterocycles. The van der Waals surface area contributed by atoms with Gasteiger partial charge in [-0.15, -0.1) is 0 Å². The molecule has 0 saturated heterocycles. The summed E-state index contributed by atoms with van der Waals surface area (Å²) in [5.74, 6) is -3.01. The number of aryl methyl sites for hydroxylation is 1. The molecule has 1 saturated carbocycles. The third-order valence-corrected chi connectivity index (χ3v) is 7.39. The van der Waals surface area contributed by atoms with Gasteiger partial charge in [0.2, 0.25) is 5.60 Å². The van der Waals surface area contributed by atoms with E-state index in [2.05, 4.69) is 15.4 Å². The maximum absolute atomic E-state index is 14.8. The van der Waals surface area contributed by atoms with Crippen molar-refractivity contribution in [2.24, 2.45) is 0 Å². The number of fused-ring (bicyclic) bond motifs is 1. The van der Waals surface area contributed by atoms with Gasteiger partial charge in [-0.1, -0.05) is 11.6 Å². The molecule has 2 heterocycles. The van der Waals surface area contributed by atoms with Crippen molar-refractivity contribution in [1.82, 2.24) is 20.1 Å². The van der Waals surface area contributed by atoms with E-state index in [4.69, 9.17) is 21.1 Å². The predicted octanol–water partition coefficient (Wildman–Crippen LogP) is 6.26. The number of aliphatic hydroxyl groups is 1. The smallest absolute Gasteiger partial charge is 0.424 e. The van der Waals surface area contributed by atoms with Crippen LogP contribution in [0.1, 0.15) is 47.4 Å². The maximum atomic E-state index is 14.8. The molecule has 2 N–H and O–H groups in total. The highest BCUT2D eigenvalue weighted by Crippen LogP contribution is 2.43. The second-order valence-electron chi connectivity index (χ2n) is 10.2. The van der Waals surface area contributed by atoms with E-state index in [-0.39, 0.29) is 35.3 Å². The number of nitrogens with one attached hydrogen (secondary N) is 1. The Balaban J connectivity index is 1.53. The van der Waals surface area contributed by atoms with Gasteiger partial charge >= 0.3 is 6.18 Å². The Bertz CT molecular complexity index is 1720. The Hall–Kier alpha value is -3.97. The minimum atomic E-state index is -5.35. The van der Waals surface area contributed by atoms with Crippen LogP contribution in [0, 0.1) is 18.6 Å². The average molecular weight is 625 g/mol. The van der Waals surface area contributed by atoms with E-state index in [1.54, 1.807) is 17.8 Å². The van der Waals surface area contributed by atoms with E-state index in [0.717, 1.165) is 25.0 Å². The van der Waals surface area contributed by atoms with Crippen LogP contribution in [0.3, 0.4) is 0 Å². The van der Waals surface area contributed by atoms with Crippen LogP contribution in [-0.2, 0) is 5.60 Å². The summed E-state index contributed by atoms with van der Waals surface area (Å²) in [6.07, 6.45) is -1.70. The van der Waals surface area contributed by atoms with Gasteiger partial charge in [0.15, 0.2) is 0 Å². The molecule has 1 aliphatic rings. The van der Waals surface area contributed by atoms with Crippen molar-refractivity contribution in [2.45, 2.75) is 44.5 Å². The summed E-state index contributed by atoms with van der Waals surface area (Å²) < 4.78 is 84.9. The van der Waals surface area contributed by atoms with Crippen molar-refractivity contribution < 1.29 is 41.3 Å². The van der Waals surface area contributed by atoms with Crippen LogP contribution in [0.25, 0.3) is 22.2 Å². The number of carbonyl (C=O) groups is 1. The maximum Gasteiger partial charge on any atom is 0.424 e. The second kappa shape index (κ2) is 11.3. The Morgan fingerprint density at radius 3 is 2.51 bits per heavy atom. The molecule has 8 nitrogen and oxygen atoms in total. The van der Waals surface area contributed by atoms with Crippen molar-refractivity contribution in [3.63, 3.8) is 0 Å². The first-order valence-electron chi connectivity index (χ1n) is 13.2. The van der Waals surface area contributed by atoms with Gasteiger partial charge in [0, 0.05) is 28.8 Å². The summed E-state index contributed by atoms with van der Waals surface area (Å²) in [4.78, 5) is 17.0.